The molecule has 2 N–H and O–H groups in total. The predicted octanol–water partition coefficient (Wildman–Crippen LogP) is 4.12. The van der Waals surface area contributed by atoms with E-state index in [4.69, 9.17) is 17.3 Å². The van der Waals surface area contributed by atoms with Crippen LogP contribution >= 0.6 is 27.5 Å². The molecule has 1 unspecified atom stereocenters. The van der Waals surface area contributed by atoms with Crippen LogP contribution in [0.25, 0.3) is 0 Å². The van der Waals surface area contributed by atoms with E-state index in [0.717, 1.165) is 10.2 Å². The SMILES string of the molecule is NC1=NCC(c2cc(Cl)ccc2F)N1c1cccc(Br)c1. The summed E-state index contributed by atoms with van der Waals surface area (Å²) in [5.41, 5.74) is 7.33. The van der Waals surface area contributed by atoms with E-state index in [1.807, 2.05) is 29.2 Å². The zero-order valence-electron chi connectivity index (χ0n) is 10.9. The summed E-state index contributed by atoms with van der Waals surface area (Å²) < 4.78 is 15.1. The van der Waals surface area contributed by atoms with Crippen molar-refractivity contribution < 1.29 is 4.39 Å². The van der Waals surface area contributed by atoms with Gasteiger partial charge in [0.25, 0.3) is 0 Å². The molecule has 1 aliphatic heterocycles. The lowest BCUT2D eigenvalue weighted by Crippen LogP contribution is -2.36. The van der Waals surface area contributed by atoms with Gasteiger partial charge in [-0.1, -0.05) is 33.6 Å². The molecular weight excluding hydrogens is 357 g/mol. The first kappa shape index (κ1) is 14.4. The first-order valence-electron chi connectivity index (χ1n) is 6.36. The number of hydrogen-bond donors (Lipinski definition) is 1. The molecule has 2 aromatic carbocycles. The normalized spacial score (nSPS) is 18.0. The second kappa shape index (κ2) is 5.66. The van der Waals surface area contributed by atoms with Crippen molar-refractivity contribution in [2.75, 3.05) is 11.4 Å². The monoisotopic (exact) mass is 367 g/mol. The Kier molecular flexibility index (Phi) is 3.87. The van der Waals surface area contributed by atoms with Crippen LogP contribution in [0.5, 0.6) is 0 Å². The van der Waals surface area contributed by atoms with Crippen LogP contribution in [0.2, 0.25) is 5.02 Å². The van der Waals surface area contributed by atoms with Crippen molar-refractivity contribution in [1.29, 1.82) is 0 Å². The predicted molar refractivity (Wildman–Crippen MR) is 87.3 cm³/mol. The van der Waals surface area contributed by atoms with Crippen molar-refractivity contribution in [1.82, 2.24) is 0 Å². The molecule has 2 aromatic rings. The fourth-order valence-corrected chi connectivity index (χ4v) is 3.01. The minimum Gasteiger partial charge on any atom is -0.369 e. The maximum Gasteiger partial charge on any atom is 0.196 e. The van der Waals surface area contributed by atoms with E-state index in [-0.39, 0.29) is 11.9 Å². The smallest absolute Gasteiger partial charge is 0.196 e. The Balaban J connectivity index is 2.05. The molecule has 0 bridgehead atoms. The van der Waals surface area contributed by atoms with Gasteiger partial charge >= 0.3 is 0 Å². The number of anilines is 1. The molecule has 0 aromatic heterocycles. The van der Waals surface area contributed by atoms with Crippen LogP contribution in [0.15, 0.2) is 51.9 Å². The van der Waals surface area contributed by atoms with Gasteiger partial charge in [-0.05, 0) is 36.4 Å². The van der Waals surface area contributed by atoms with E-state index in [1.165, 1.54) is 12.1 Å². The highest BCUT2D eigenvalue weighted by Crippen LogP contribution is 2.34. The molecule has 21 heavy (non-hydrogen) atoms. The van der Waals surface area contributed by atoms with Crippen molar-refractivity contribution in [2.24, 2.45) is 10.7 Å². The van der Waals surface area contributed by atoms with E-state index >= 15 is 0 Å². The van der Waals surface area contributed by atoms with Crippen molar-refractivity contribution in [3.8, 4) is 0 Å². The van der Waals surface area contributed by atoms with Crippen LogP contribution in [0.4, 0.5) is 10.1 Å². The number of rotatable bonds is 2. The van der Waals surface area contributed by atoms with Gasteiger partial charge in [-0.2, -0.15) is 0 Å². The molecule has 3 nitrogen and oxygen atoms in total. The molecule has 1 atom stereocenters. The van der Waals surface area contributed by atoms with Crippen LogP contribution in [0.1, 0.15) is 11.6 Å². The van der Waals surface area contributed by atoms with Crippen molar-refractivity contribution in [2.45, 2.75) is 6.04 Å². The van der Waals surface area contributed by atoms with Crippen molar-refractivity contribution in [3.63, 3.8) is 0 Å². The fraction of sp³-hybridized carbons (Fsp3) is 0.133. The van der Waals surface area contributed by atoms with Crippen LogP contribution in [0.3, 0.4) is 0 Å². The molecular formula is C15H12BrClFN3. The lowest BCUT2D eigenvalue weighted by Gasteiger charge is -2.27. The minimum atomic E-state index is -0.311. The molecule has 0 spiro atoms. The topological polar surface area (TPSA) is 41.6 Å². The molecule has 108 valence electrons. The summed E-state index contributed by atoms with van der Waals surface area (Å²) in [7, 11) is 0. The van der Waals surface area contributed by atoms with E-state index in [9.17, 15) is 4.39 Å². The van der Waals surface area contributed by atoms with Crippen LogP contribution in [0, 0.1) is 5.82 Å². The van der Waals surface area contributed by atoms with Gasteiger partial charge in [-0.25, -0.2) is 4.39 Å². The Bertz CT molecular complexity index is 720. The Morgan fingerprint density at radius 1 is 1.29 bits per heavy atom. The summed E-state index contributed by atoms with van der Waals surface area (Å²) in [5, 5.41) is 0.492. The quantitative estimate of drug-likeness (QED) is 0.866. The lowest BCUT2D eigenvalue weighted by molar-refractivity contribution is 0.589. The van der Waals surface area contributed by atoms with Gasteiger partial charge in [0.1, 0.15) is 5.82 Å². The number of nitrogens with zero attached hydrogens (tertiary/aromatic N) is 2. The van der Waals surface area contributed by atoms with E-state index in [2.05, 4.69) is 20.9 Å². The molecule has 3 rings (SSSR count). The number of guanidine groups is 1. The van der Waals surface area contributed by atoms with Crippen molar-refractivity contribution >= 4 is 39.2 Å². The van der Waals surface area contributed by atoms with Gasteiger partial charge in [-0.3, -0.25) is 4.99 Å². The third-order valence-electron chi connectivity index (χ3n) is 3.39. The summed E-state index contributed by atoms with van der Waals surface area (Å²) in [5.74, 6) is 0.0618. The van der Waals surface area contributed by atoms with Crippen molar-refractivity contribution in [3.05, 3.63) is 63.3 Å². The summed E-state index contributed by atoms with van der Waals surface area (Å²) >= 11 is 9.42. The van der Waals surface area contributed by atoms with Gasteiger partial charge in [0.15, 0.2) is 5.96 Å². The third-order valence-corrected chi connectivity index (χ3v) is 4.12. The molecule has 1 aliphatic rings. The first-order valence-corrected chi connectivity index (χ1v) is 7.53. The minimum absolute atomic E-state index is 0.294. The van der Waals surface area contributed by atoms with E-state index in [0.29, 0.717) is 23.1 Å². The molecule has 0 aliphatic carbocycles. The molecule has 1 heterocycles. The second-order valence-corrected chi connectivity index (χ2v) is 6.08. The maximum atomic E-state index is 14.1. The van der Waals surface area contributed by atoms with Gasteiger partial charge in [0, 0.05) is 20.7 Å². The highest BCUT2D eigenvalue weighted by atomic mass is 79.9. The molecule has 0 saturated carbocycles. The molecule has 0 amide bonds. The van der Waals surface area contributed by atoms with Gasteiger partial charge in [0.05, 0.1) is 12.6 Å². The highest BCUT2D eigenvalue weighted by molar-refractivity contribution is 9.10. The van der Waals surface area contributed by atoms with Gasteiger partial charge < -0.3 is 10.6 Å². The van der Waals surface area contributed by atoms with Gasteiger partial charge in [-0.15, -0.1) is 0 Å². The number of halogens is 3. The zero-order chi connectivity index (χ0) is 15.0. The van der Waals surface area contributed by atoms with Crippen LogP contribution < -0.4 is 10.6 Å². The summed E-state index contributed by atoms with van der Waals surface area (Å²) in [6.07, 6.45) is 0. The number of nitrogens with two attached hydrogens (primary N) is 1. The molecule has 6 heteroatoms. The lowest BCUT2D eigenvalue weighted by atomic mass is 10.0. The third kappa shape index (κ3) is 2.76. The van der Waals surface area contributed by atoms with Crippen LogP contribution in [-0.2, 0) is 0 Å². The van der Waals surface area contributed by atoms with Crippen LogP contribution in [-0.4, -0.2) is 12.5 Å². The first-order chi connectivity index (χ1) is 10.1. The average molecular weight is 369 g/mol. The average Bonchev–Trinajstić information content (AvgIpc) is 2.83. The number of benzene rings is 2. The zero-order valence-corrected chi connectivity index (χ0v) is 13.3. The number of hydrogen-bond acceptors (Lipinski definition) is 3. The van der Waals surface area contributed by atoms with Gasteiger partial charge in [0.2, 0.25) is 0 Å². The Hall–Kier alpha value is -1.59. The summed E-state index contributed by atoms with van der Waals surface area (Å²) in [6.45, 7) is 0.398. The molecule has 0 radical (unpaired) electrons. The summed E-state index contributed by atoms with van der Waals surface area (Å²) in [4.78, 5) is 6.07. The number of aliphatic imine (C=N–C) groups is 1. The second-order valence-electron chi connectivity index (χ2n) is 4.73. The molecule has 0 fully saturated rings. The standard InChI is InChI=1S/C15H12BrClFN3/c16-9-2-1-3-11(6-9)21-14(8-20-15(21)19)12-7-10(17)4-5-13(12)18/h1-7,14H,8H2,(H2,19,20). The Labute approximate surface area is 135 Å². The Morgan fingerprint density at radius 3 is 2.86 bits per heavy atom. The van der Waals surface area contributed by atoms with E-state index in [1.54, 1.807) is 6.07 Å². The molecule has 0 saturated heterocycles. The maximum absolute atomic E-state index is 14.1. The summed E-state index contributed by atoms with van der Waals surface area (Å²) in [6, 6.07) is 11.9. The Morgan fingerprint density at radius 2 is 2.10 bits per heavy atom. The largest absolute Gasteiger partial charge is 0.369 e. The highest BCUT2D eigenvalue weighted by Gasteiger charge is 2.31. The fourth-order valence-electron chi connectivity index (χ4n) is 2.44. The van der Waals surface area contributed by atoms with E-state index < -0.39 is 0 Å².